The van der Waals surface area contributed by atoms with Crippen molar-refractivity contribution in [1.29, 1.82) is 0 Å². The van der Waals surface area contributed by atoms with Crippen LogP contribution < -0.4 is 0 Å². The van der Waals surface area contributed by atoms with Crippen LogP contribution >= 0.6 is 0 Å². The van der Waals surface area contributed by atoms with Crippen LogP contribution in [0.25, 0.3) is 0 Å². The van der Waals surface area contributed by atoms with Gasteiger partial charge in [-0.3, -0.25) is 9.59 Å². The number of ether oxygens (including phenoxy) is 2. The minimum Gasteiger partial charge on any atom is -0.505 e. The second-order valence-corrected chi connectivity index (χ2v) is 5.73. The van der Waals surface area contributed by atoms with Gasteiger partial charge in [-0.2, -0.15) is 0 Å². The summed E-state index contributed by atoms with van der Waals surface area (Å²) in [5, 5.41) is 10.5. The van der Waals surface area contributed by atoms with Gasteiger partial charge in [0, 0.05) is 18.8 Å². The molecular formula is C19H19F2NO6. The van der Waals surface area contributed by atoms with Gasteiger partial charge in [-0.05, 0) is 26.0 Å². The number of hydrogen-bond donors (Lipinski definition) is 1. The van der Waals surface area contributed by atoms with Gasteiger partial charge in [-0.25, -0.2) is 13.6 Å². The number of carbonyl (C=O) groups is 3. The molecule has 0 aliphatic heterocycles. The van der Waals surface area contributed by atoms with E-state index in [9.17, 15) is 28.3 Å². The highest BCUT2D eigenvalue weighted by atomic mass is 19.1. The van der Waals surface area contributed by atoms with E-state index in [0.717, 1.165) is 16.7 Å². The topological polar surface area (TPSA) is 94.8 Å². The molecule has 0 aliphatic rings. The van der Waals surface area contributed by atoms with Crippen molar-refractivity contribution in [2.45, 2.75) is 20.3 Å². The monoisotopic (exact) mass is 395 g/mol. The molecule has 0 atom stereocenters. The van der Waals surface area contributed by atoms with Crippen LogP contribution in [-0.4, -0.2) is 40.6 Å². The van der Waals surface area contributed by atoms with E-state index >= 15 is 0 Å². The molecular weight excluding hydrogens is 376 g/mol. The van der Waals surface area contributed by atoms with Gasteiger partial charge in [0.15, 0.2) is 5.75 Å². The van der Waals surface area contributed by atoms with Gasteiger partial charge in [-0.1, -0.05) is 0 Å². The zero-order valence-electron chi connectivity index (χ0n) is 15.5. The maximum Gasteiger partial charge on any atom is 0.343 e. The van der Waals surface area contributed by atoms with Crippen LogP contribution in [0, 0.1) is 11.6 Å². The molecule has 1 heterocycles. The molecule has 0 saturated carbocycles. The summed E-state index contributed by atoms with van der Waals surface area (Å²) in [5.41, 5.74) is -1.35. The number of aromatic nitrogens is 1. The molecule has 0 saturated heterocycles. The first kappa shape index (κ1) is 21.1. The Balaban J connectivity index is 2.62. The second-order valence-electron chi connectivity index (χ2n) is 5.73. The number of ketones is 1. The molecule has 0 unspecified atom stereocenters. The second kappa shape index (κ2) is 8.64. The fourth-order valence-electron chi connectivity index (χ4n) is 2.75. The highest BCUT2D eigenvalue weighted by Crippen LogP contribution is 2.32. The number of hydrogen-bond acceptors (Lipinski definition) is 6. The Morgan fingerprint density at radius 1 is 1.11 bits per heavy atom. The third kappa shape index (κ3) is 4.03. The van der Waals surface area contributed by atoms with Crippen molar-refractivity contribution < 1.29 is 37.7 Å². The lowest BCUT2D eigenvalue weighted by atomic mass is 10.1. The molecule has 1 aromatic carbocycles. The van der Waals surface area contributed by atoms with E-state index in [4.69, 9.17) is 9.47 Å². The summed E-state index contributed by atoms with van der Waals surface area (Å²) in [6.07, 6.45) is -0.425. The van der Waals surface area contributed by atoms with Crippen molar-refractivity contribution in [3.8, 4) is 5.75 Å². The lowest BCUT2D eigenvalue weighted by Crippen LogP contribution is -2.16. The number of halogens is 2. The Hall–Kier alpha value is -3.23. The smallest absolute Gasteiger partial charge is 0.343 e. The maximum absolute atomic E-state index is 14.0. The summed E-state index contributed by atoms with van der Waals surface area (Å²) < 4.78 is 38.0. The van der Waals surface area contributed by atoms with E-state index in [1.807, 2.05) is 0 Å². The predicted molar refractivity (Wildman–Crippen MR) is 93.2 cm³/mol. The van der Waals surface area contributed by atoms with Gasteiger partial charge in [0.25, 0.3) is 0 Å². The zero-order valence-corrected chi connectivity index (χ0v) is 15.5. The van der Waals surface area contributed by atoms with E-state index in [2.05, 4.69) is 0 Å². The Kier molecular flexibility index (Phi) is 6.50. The van der Waals surface area contributed by atoms with Crippen LogP contribution in [0.15, 0.2) is 18.2 Å². The first-order chi connectivity index (χ1) is 13.2. The van der Waals surface area contributed by atoms with Crippen molar-refractivity contribution in [3.63, 3.8) is 0 Å². The van der Waals surface area contributed by atoms with Crippen LogP contribution in [0.2, 0.25) is 0 Å². The average Bonchev–Trinajstić information content (AvgIpc) is 2.85. The van der Waals surface area contributed by atoms with Crippen LogP contribution in [0.3, 0.4) is 0 Å². The van der Waals surface area contributed by atoms with Gasteiger partial charge < -0.3 is 19.1 Å². The summed E-state index contributed by atoms with van der Waals surface area (Å²) in [6.45, 7) is 3.22. The third-order valence-electron chi connectivity index (χ3n) is 3.98. The van der Waals surface area contributed by atoms with Crippen LogP contribution in [-0.2, 0) is 27.7 Å². The zero-order chi connectivity index (χ0) is 21.0. The van der Waals surface area contributed by atoms with Gasteiger partial charge >= 0.3 is 11.9 Å². The van der Waals surface area contributed by atoms with Crippen molar-refractivity contribution in [2.24, 2.45) is 7.05 Å². The summed E-state index contributed by atoms with van der Waals surface area (Å²) in [4.78, 5) is 36.9. The molecule has 7 nitrogen and oxygen atoms in total. The molecule has 0 spiro atoms. The SMILES string of the molecule is CCOC(=O)Cc1c(C(=O)OCC)c(O)c(C(=O)c2ccc(F)cc2F)n1C. The molecule has 2 rings (SSSR count). The third-order valence-corrected chi connectivity index (χ3v) is 3.98. The minimum atomic E-state index is -1.13. The highest BCUT2D eigenvalue weighted by Gasteiger charge is 2.32. The number of nitrogens with zero attached hydrogens (tertiary/aromatic N) is 1. The molecule has 28 heavy (non-hydrogen) atoms. The van der Waals surface area contributed by atoms with E-state index in [1.165, 1.54) is 7.05 Å². The van der Waals surface area contributed by atoms with E-state index in [0.29, 0.717) is 6.07 Å². The predicted octanol–water partition coefficient (Wildman–Crippen LogP) is 2.52. The number of rotatable bonds is 7. The molecule has 0 fully saturated rings. The maximum atomic E-state index is 14.0. The summed E-state index contributed by atoms with van der Waals surface area (Å²) in [5.74, 6) is -5.39. The first-order valence-corrected chi connectivity index (χ1v) is 8.45. The van der Waals surface area contributed by atoms with Crippen molar-refractivity contribution in [1.82, 2.24) is 4.57 Å². The van der Waals surface area contributed by atoms with E-state index in [1.54, 1.807) is 13.8 Å². The number of carbonyl (C=O) groups excluding carboxylic acids is 3. The van der Waals surface area contributed by atoms with Crippen LogP contribution in [0.5, 0.6) is 5.75 Å². The Morgan fingerprint density at radius 3 is 2.32 bits per heavy atom. The summed E-state index contributed by atoms with van der Waals surface area (Å²) in [6, 6.07) is 2.34. The normalized spacial score (nSPS) is 10.6. The van der Waals surface area contributed by atoms with Gasteiger partial charge in [-0.15, -0.1) is 0 Å². The summed E-state index contributed by atoms with van der Waals surface area (Å²) >= 11 is 0. The molecule has 1 aromatic heterocycles. The fraction of sp³-hybridized carbons (Fsp3) is 0.316. The molecule has 0 bridgehead atoms. The van der Waals surface area contributed by atoms with Gasteiger partial charge in [0.1, 0.15) is 22.9 Å². The lowest BCUT2D eigenvalue weighted by Gasteiger charge is -2.08. The van der Waals surface area contributed by atoms with Crippen molar-refractivity contribution >= 4 is 17.7 Å². The Labute approximate surface area is 159 Å². The van der Waals surface area contributed by atoms with Crippen LogP contribution in [0.1, 0.15) is 46.0 Å². The molecule has 9 heteroatoms. The van der Waals surface area contributed by atoms with E-state index < -0.39 is 52.8 Å². The van der Waals surface area contributed by atoms with Crippen molar-refractivity contribution in [3.05, 3.63) is 52.3 Å². The highest BCUT2D eigenvalue weighted by molar-refractivity contribution is 6.12. The van der Waals surface area contributed by atoms with Crippen molar-refractivity contribution in [2.75, 3.05) is 13.2 Å². The summed E-state index contributed by atoms with van der Waals surface area (Å²) in [7, 11) is 1.33. The first-order valence-electron chi connectivity index (χ1n) is 8.45. The average molecular weight is 395 g/mol. The van der Waals surface area contributed by atoms with Gasteiger partial charge in [0.2, 0.25) is 5.78 Å². The largest absolute Gasteiger partial charge is 0.505 e. The Morgan fingerprint density at radius 2 is 1.75 bits per heavy atom. The molecule has 2 aromatic rings. The number of esters is 2. The molecule has 0 radical (unpaired) electrons. The fourth-order valence-corrected chi connectivity index (χ4v) is 2.75. The number of aromatic hydroxyl groups is 1. The van der Waals surface area contributed by atoms with Gasteiger partial charge in [0.05, 0.1) is 25.2 Å². The quantitative estimate of drug-likeness (QED) is 0.572. The lowest BCUT2D eigenvalue weighted by molar-refractivity contribution is -0.142. The molecule has 0 amide bonds. The molecule has 0 aliphatic carbocycles. The molecule has 150 valence electrons. The molecule has 1 N–H and O–H groups in total. The van der Waals surface area contributed by atoms with E-state index in [-0.39, 0.29) is 24.5 Å². The Bertz CT molecular complexity index is 935. The minimum absolute atomic E-state index is 0.0120. The standard InChI is InChI=1S/C19H19F2NO6/c1-4-27-14(23)9-13-15(19(26)28-5-2)18(25)16(22(13)3)17(24)11-7-6-10(20)8-12(11)21/h6-8,25H,4-5,9H2,1-3H3. The van der Waals surface area contributed by atoms with Crippen LogP contribution in [0.4, 0.5) is 8.78 Å². The number of benzene rings is 1.